The maximum absolute atomic E-state index is 2.52. The van der Waals surface area contributed by atoms with E-state index in [1.807, 2.05) is 22.7 Å². The molecule has 0 atom stereocenters. The largest absolute Gasteiger partial charge is 0.134 e. The molecule has 0 aliphatic heterocycles. The second-order valence-corrected chi connectivity index (χ2v) is 15.3. The number of hydrogen-bond acceptors (Lipinski definition) is 2. The van der Waals surface area contributed by atoms with E-state index < -0.39 is 0 Å². The Bertz CT molecular complexity index is 3070. The van der Waals surface area contributed by atoms with E-state index in [0.717, 1.165) is 0 Å². The molecule has 0 spiro atoms. The summed E-state index contributed by atoms with van der Waals surface area (Å²) in [6.07, 6.45) is 0. The van der Waals surface area contributed by atoms with Gasteiger partial charge in [0.05, 0.1) is 9.40 Å². The SMILES string of the molecule is c1ccc(-c2ccc(-c3c4ccccc4c(-c4cc5c6cc7ccccc7cc6sc5c5sc6ccccc6c45)c4ccccc34)cc2)cc1. The van der Waals surface area contributed by atoms with Crippen LogP contribution in [0.25, 0.3) is 106 Å². The summed E-state index contributed by atoms with van der Waals surface area (Å²) in [6, 6.07) is 62.9. The van der Waals surface area contributed by atoms with Crippen LogP contribution in [0.5, 0.6) is 0 Å². The smallest absolute Gasteiger partial charge is 0.0540 e. The quantitative estimate of drug-likeness (QED) is 0.164. The summed E-state index contributed by atoms with van der Waals surface area (Å²) in [5, 5.41) is 13.1. The first-order valence-electron chi connectivity index (χ1n) is 17.1. The first-order chi connectivity index (χ1) is 24.8. The number of thiophene rings is 2. The molecule has 11 rings (SSSR count). The Kier molecular flexibility index (Phi) is 6.09. The highest BCUT2D eigenvalue weighted by molar-refractivity contribution is 7.33. The van der Waals surface area contributed by atoms with Gasteiger partial charge >= 0.3 is 0 Å². The molecule has 0 nitrogen and oxygen atoms in total. The molecule has 0 unspecified atom stereocenters. The van der Waals surface area contributed by atoms with Gasteiger partial charge in [-0.2, -0.15) is 0 Å². The van der Waals surface area contributed by atoms with Gasteiger partial charge < -0.3 is 0 Å². The summed E-state index contributed by atoms with van der Waals surface area (Å²) < 4.78 is 5.46. The van der Waals surface area contributed by atoms with Crippen LogP contribution in [0.2, 0.25) is 0 Å². The summed E-state index contributed by atoms with van der Waals surface area (Å²) in [6.45, 7) is 0. The molecule has 0 saturated heterocycles. The lowest BCUT2D eigenvalue weighted by Crippen LogP contribution is -1.91. The van der Waals surface area contributed by atoms with Crippen LogP contribution < -0.4 is 0 Å². The highest BCUT2D eigenvalue weighted by Gasteiger charge is 2.23. The van der Waals surface area contributed by atoms with E-state index in [9.17, 15) is 0 Å². The molecular formula is C48H28S2. The van der Waals surface area contributed by atoms with Gasteiger partial charge in [-0.05, 0) is 90.0 Å². The van der Waals surface area contributed by atoms with E-state index in [-0.39, 0.29) is 0 Å². The molecule has 0 aliphatic rings. The zero-order valence-corrected chi connectivity index (χ0v) is 28.6. The monoisotopic (exact) mass is 668 g/mol. The predicted molar refractivity (Wildman–Crippen MR) is 221 cm³/mol. The summed E-state index contributed by atoms with van der Waals surface area (Å²) in [5.74, 6) is 0. The molecule has 50 heavy (non-hydrogen) atoms. The van der Waals surface area contributed by atoms with E-state index in [1.54, 1.807) is 0 Å². The van der Waals surface area contributed by atoms with E-state index in [4.69, 9.17) is 0 Å². The fourth-order valence-electron chi connectivity index (χ4n) is 8.19. The lowest BCUT2D eigenvalue weighted by molar-refractivity contribution is 1.61. The summed E-state index contributed by atoms with van der Waals surface area (Å²) in [7, 11) is 0. The van der Waals surface area contributed by atoms with Crippen LogP contribution in [0.3, 0.4) is 0 Å². The van der Waals surface area contributed by atoms with Crippen LogP contribution in [0.15, 0.2) is 170 Å². The van der Waals surface area contributed by atoms with Gasteiger partial charge in [0.25, 0.3) is 0 Å². The lowest BCUT2D eigenvalue weighted by atomic mass is 9.84. The van der Waals surface area contributed by atoms with Crippen LogP contribution >= 0.6 is 22.7 Å². The molecule has 2 aromatic heterocycles. The fraction of sp³-hybridized carbons (Fsp3) is 0. The molecule has 11 aromatic rings. The molecule has 0 N–H and O–H groups in total. The fourth-order valence-corrected chi connectivity index (χ4v) is 10.8. The minimum atomic E-state index is 1.23. The first-order valence-corrected chi connectivity index (χ1v) is 18.7. The summed E-state index contributed by atoms with van der Waals surface area (Å²) >= 11 is 3.88. The third-order valence-electron chi connectivity index (χ3n) is 10.4. The standard InChI is InChI=1S/C48H28S2/c1-2-12-29(13-3-1)30-22-24-31(25-23-30)44-34-16-6-8-18-36(34)45(37-19-9-7-17-35(37)44)41-28-40-39-26-32-14-4-5-15-33(32)27-43(39)50-47(40)48-46(41)38-20-10-11-21-42(38)49-48/h1-28H. The van der Waals surface area contributed by atoms with Gasteiger partial charge in [-0.1, -0.05) is 146 Å². The lowest BCUT2D eigenvalue weighted by Gasteiger charge is -2.19. The molecule has 0 radical (unpaired) electrons. The minimum absolute atomic E-state index is 1.23. The van der Waals surface area contributed by atoms with Crippen molar-refractivity contribution >= 4 is 95.3 Å². The van der Waals surface area contributed by atoms with Gasteiger partial charge in [-0.25, -0.2) is 0 Å². The van der Waals surface area contributed by atoms with Gasteiger partial charge in [0, 0.05) is 30.9 Å². The molecule has 9 aromatic carbocycles. The molecule has 0 aliphatic carbocycles. The zero-order chi connectivity index (χ0) is 32.8. The van der Waals surface area contributed by atoms with Crippen molar-refractivity contribution in [3.63, 3.8) is 0 Å². The van der Waals surface area contributed by atoms with E-state index in [0.29, 0.717) is 0 Å². The van der Waals surface area contributed by atoms with Gasteiger partial charge in [-0.15, -0.1) is 22.7 Å². The second-order valence-electron chi connectivity index (χ2n) is 13.2. The highest BCUT2D eigenvalue weighted by Crippen LogP contribution is 2.52. The van der Waals surface area contributed by atoms with Crippen molar-refractivity contribution in [3.8, 4) is 33.4 Å². The predicted octanol–water partition coefficient (Wildman–Crippen LogP) is 14.9. The average Bonchev–Trinajstić information content (AvgIpc) is 3.75. The zero-order valence-electron chi connectivity index (χ0n) is 27.0. The Hall–Kier alpha value is -5.80. The van der Waals surface area contributed by atoms with Crippen LogP contribution in [0, 0.1) is 0 Å². The molecular weight excluding hydrogens is 641 g/mol. The molecule has 2 heterocycles. The third-order valence-corrected chi connectivity index (χ3v) is 12.9. The molecule has 0 fully saturated rings. The summed E-state index contributed by atoms with van der Waals surface area (Å²) in [5.41, 5.74) is 7.63. The van der Waals surface area contributed by atoms with Gasteiger partial charge in [0.1, 0.15) is 0 Å². The Labute approximate surface area is 297 Å². The van der Waals surface area contributed by atoms with Crippen molar-refractivity contribution in [2.75, 3.05) is 0 Å². The Morgan fingerprint density at radius 3 is 1.52 bits per heavy atom. The molecule has 0 amide bonds. The Balaban J connectivity index is 1.27. The van der Waals surface area contributed by atoms with Crippen molar-refractivity contribution in [2.45, 2.75) is 0 Å². The van der Waals surface area contributed by atoms with Gasteiger partial charge in [0.15, 0.2) is 0 Å². The van der Waals surface area contributed by atoms with Gasteiger partial charge in [-0.3, -0.25) is 0 Å². The molecule has 2 heteroatoms. The van der Waals surface area contributed by atoms with Crippen molar-refractivity contribution < 1.29 is 0 Å². The van der Waals surface area contributed by atoms with Crippen molar-refractivity contribution in [3.05, 3.63) is 170 Å². The minimum Gasteiger partial charge on any atom is -0.134 e. The van der Waals surface area contributed by atoms with Crippen molar-refractivity contribution in [1.82, 2.24) is 0 Å². The molecule has 232 valence electrons. The van der Waals surface area contributed by atoms with Crippen LogP contribution in [-0.4, -0.2) is 0 Å². The van der Waals surface area contributed by atoms with Crippen molar-refractivity contribution in [2.24, 2.45) is 0 Å². The summed E-state index contributed by atoms with van der Waals surface area (Å²) in [4.78, 5) is 0. The number of benzene rings is 9. The van der Waals surface area contributed by atoms with Crippen LogP contribution in [-0.2, 0) is 0 Å². The van der Waals surface area contributed by atoms with Crippen LogP contribution in [0.4, 0.5) is 0 Å². The Morgan fingerprint density at radius 2 is 0.820 bits per heavy atom. The van der Waals surface area contributed by atoms with Gasteiger partial charge in [0.2, 0.25) is 0 Å². The average molecular weight is 669 g/mol. The van der Waals surface area contributed by atoms with E-state index in [2.05, 4.69) is 170 Å². The molecule has 0 bridgehead atoms. The normalized spacial score (nSPS) is 12.0. The second kappa shape index (κ2) is 10.9. The number of rotatable bonds is 3. The van der Waals surface area contributed by atoms with Crippen molar-refractivity contribution in [1.29, 1.82) is 0 Å². The molecule has 0 saturated carbocycles. The number of hydrogen-bond donors (Lipinski definition) is 0. The maximum atomic E-state index is 2.52. The number of fused-ring (bicyclic) bond motifs is 10. The van der Waals surface area contributed by atoms with E-state index in [1.165, 1.54) is 106 Å². The Morgan fingerprint density at radius 1 is 0.300 bits per heavy atom. The van der Waals surface area contributed by atoms with E-state index >= 15 is 0 Å². The first kappa shape index (κ1) is 28.1. The third kappa shape index (κ3) is 4.10. The topological polar surface area (TPSA) is 0 Å². The maximum Gasteiger partial charge on any atom is 0.0540 e. The highest BCUT2D eigenvalue weighted by atomic mass is 32.1. The van der Waals surface area contributed by atoms with Crippen LogP contribution in [0.1, 0.15) is 0 Å².